The van der Waals surface area contributed by atoms with Gasteiger partial charge in [-0.05, 0) is 81.0 Å². The van der Waals surface area contributed by atoms with Crippen LogP contribution >= 0.6 is 11.6 Å². The summed E-state index contributed by atoms with van der Waals surface area (Å²) in [6.45, 7) is 4.84. The number of aromatic amines is 1. The van der Waals surface area contributed by atoms with Gasteiger partial charge in [-0.1, -0.05) is 23.7 Å². The Kier molecular flexibility index (Phi) is 11.1. The summed E-state index contributed by atoms with van der Waals surface area (Å²) in [6.07, 6.45) is 4.48. The Balaban J connectivity index is 1.50. The first kappa shape index (κ1) is 32.6. The van der Waals surface area contributed by atoms with Gasteiger partial charge < -0.3 is 31.8 Å². The molecule has 0 unspecified atom stereocenters. The van der Waals surface area contributed by atoms with Crippen LogP contribution in [0.15, 0.2) is 53.5 Å². The molecule has 0 amide bonds. The Bertz CT molecular complexity index is 1670. The first-order chi connectivity index (χ1) is 21.0. The molecule has 0 fully saturated rings. The third-order valence-corrected chi connectivity index (χ3v) is 7.36. The van der Waals surface area contributed by atoms with Crippen LogP contribution in [0, 0.1) is 16.6 Å². The maximum absolute atomic E-state index is 15.1. The molecular weight excluding hydrogens is 585 g/mol. The topological polar surface area (TPSA) is 184 Å². The number of guanidine groups is 1. The van der Waals surface area contributed by atoms with Crippen LogP contribution in [-0.4, -0.2) is 51.6 Å². The van der Waals surface area contributed by atoms with E-state index in [0.717, 1.165) is 30.4 Å². The minimum atomic E-state index is -0.539. The van der Waals surface area contributed by atoms with E-state index < -0.39 is 11.5 Å². The molecule has 0 saturated heterocycles. The predicted octanol–water partition coefficient (Wildman–Crippen LogP) is 4.19. The second-order valence-corrected chi connectivity index (χ2v) is 11.3. The van der Waals surface area contributed by atoms with Crippen molar-refractivity contribution in [2.75, 3.05) is 13.1 Å². The number of aryl methyl sites for hydroxylation is 1. The summed E-state index contributed by atoms with van der Waals surface area (Å²) in [4.78, 5) is 20.2. The normalized spacial score (nSPS) is 12.7. The van der Waals surface area contributed by atoms with E-state index in [-0.39, 0.29) is 23.1 Å². The second kappa shape index (κ2) is 15.0. The number of nitrogens with zero attached hydrogens (tertiary/aromatic N) is 2. The van der Waals surface area contributed by atoms with Crippen LogP contribution in [-0.2, 0) is 17.8 Å². The Hall–Kier alpha value is -4.26. The van der Waals surface area contributed by atoms with Crippen molar-refractivity contribution in [2.24, 2.45) is 11.5 Å². The first-order valence-electron chi connectivity index (χ1n) is 14.4. The molecule has 13 heteroatoms. The van der Waals surface area contributed by atoms with Crippen LogP contribution in [0.4, 0.5) is 4.39 Å². The van der Waals surface area contributed by atoms with Crippen molar-refractivity contribution in [1.29, 1.82) is 10.8 Å². The molecule has 0 aliphatic carbocycles. The van der Waals surface area contributed by atoms with Crippen molar-refractivity contribution in [3.8, 4) is 16.9 Å². The van der Waals surface area contributed by atoms with Gasteiger partial charge in [-0.2, -0.15) is 4.98 Å². The number of benzene rings is 2. The molecular formula is C31H39ClFN9O2. The van der Waals surface area contributed by atoms with E-state index in [9.17, 15) is 4.79 Å². The first-order valence-corrected chi connectivity index (χ1v) is 14.8. The molecule has 2 heterocycles. The number of H-pyrrole nitrogens is 1. The molecule has 0 bridgehead atoms. The van der Waals surface area contributed by atoms with Crippen molar-refractivity contribution < 1.29 is 9.13 Å². The number of aromatic nitrogens is 3. The van der Waals surface area contributed by atoms with Crippen LogP contribution in [0.1, 0.15) is 44.2 Å². The van der Waals surface area contributed by atoms with Gasteiger partial charge in [0, 0.05) is 36.3 Å². The zero-order chi connectivity index (χ0) is 31.8. The highest BCUT2D eigenvalue weighted by molar-refractivity contribution is 6.31. The molecule has 234 valence electrons. The van der Waals surface area contributed by atoms with Crippen molar-refractivity contribution >= 4 is 34.4 Å². The van der Waals surface area contributed by atoms with Crippen LogP contribution in [0.25, 0.3) is 28.0 Å². The maximum atomic E-state index is 15.1. The summed E-state index contributed by atoms with van der Waals surface area (Å²) in [6, 6.07) is 12.6. The zero-order valence-electron chi connectivity index (χ0n) is 24.8. The van der Waals surface area contributed by atoms with Gasteiger partial charge in [-0.3, -0.25) is 15.4 Å². The lowest BCUT2D eigenvalue weighted by atomic mass is 10.0. The SMILES string of the molecule is CC(=N)NC[C@@H](CCNC(=N)N)OCc1ccc(-n2cc3cc(-c4cc(CCC[C@H](C)N)cc(Cl)c4F)[nH]c3nc2=O)cc1. The Morgan fingerprint density at radius 2 is 1.91 bits per heavy atom. The molecule has 9 N–H and O–H groups in total. The number of halogens is 2. The molecule has 4 rings (SSSR count). The highest BCUT2D eigenvalue weighted by Crippen LogP contribution is 2.31. The molecule has 11 nitrogen and oxygen atoms in total. The van der Waals surface area contributed by atoms with Gasteiger partial charge in [0.1, 0.15) is 5.65 Å². The molecule has 0 aliphatic heterocycles. The van der Waals surface area contributed by atoms with Gasteiger partial charge in [0.05, 0.1) is 35.0 Å². The summed E-state index contributed by atoms with van der Waals surface area (Å²) in [5.41, 5.74) is 14.3. The van der Waals surface area contributed by atoms with Crippen molar-refractivity contribution in [3.05, 3.63) is 81.1 Å². The van der Waals surface area contributed by atoms with E-state index in [2.05, 4.69) is 20.6 Å². The number of hydrogen-bond acceptors (Lipinski definition) is 6. The van der Waals surface area contributed by atoms with Crippen LogP contribution in [0.3, 0.4) is 0 Å². The fourth-order valence-electron chi connectivity index (χ4n) is 4.78. The van der Waals surface area contributed by atoms with Gasteiger partial charge in [0.25, 0.3) is 0 Å². The van der Waals surface area contributed by atoms with Crippen molar-refractivity contribution in [3.63, 3.8) is 0 Å². The van der Waals surface area contributed by atoms with E-state index >= 15 is 4.39 Å². The Labute approximate surface area is 260 Å². The highest BCUT2D eigenvalue weighted by Gasteiger charge is 2.16. The lowest BCUT2D eigenvalue weighted by Crippen LogP contribution is -2.37. The summed E-state index contributed by atoms with van der Waals surface area (Å²) in [7, 11) is 0. The fourth-order valence-corrected chi connectivity index (χ4v) is 5.03. The van der Waals surface area contributed by atoms with Gasteiger partial charge in [0.2, 0.25) is 0 Å². The predicted molar refractivity (Wildman–Crippen MR) is 173 cm³/mol. The number of rotatable bonds is 14. The van der Waals surface area contributed by atoms with E-state index in [0.29, 0.717) is 59.9 Å². The summed E-state index contributed by atoms with van der Waals surface area (Å²) in [5, 5.41) is 21.3. The van der Waals surface area contributed by atoms with Gasteiger partial charge >= 0.3 is 5.69 Å². The number of nitrogens with two attached hydrogens (primary N) is 2. The number of ether oxygens (including phenoxy) is 1. The van der Waals surface area contributed by atoms with E-state index in [1.807, 2.05) is 19.1 Å². The minimum Gasteiger partial charge on any atom is -0.372 e. The number of nitrogens with one attached hydrogen (secondary N) is 5. The fraction of sp³-hybridized carbons (Fsp3) is 0.355. The Morgan fingerprint density at radius 3 is 2.59 bits per heavy atom. The molecule has 0 spiro atoms. The quantitative estimate of drug-likeness (QED) is 0.0811. The maximum Gasteiger partial charge on any atom is 0.354 e. The van der Waals surface area contributed by atoms with Crippen LogP contribution in [0.2, 0.25) is 5.02 Å². The standard InChI is InChI=1S/C31H39ClFN9O2/c1-18(34)4-3-5-21-12-25(28(33)26(32)13-21)27-14-22-16-42(31(43)41-29(22)40-27)23-8-6-20(7-9-23)17-44-24(15-39-19(2)35)10-11-38-30(36)37/h6-9,12-14,16,18,24H,3-5,10-11,15,17,34H2,1-2H3,(H2,35,39)(H4,36,37,38)(H,40,41,43)/t18-,24+/m0/s1. The molecule has 2 aromatic heterocycles. The minimum absolute atomic E-state index is 0.0358. The molecule has 2 aromatic carbocycles. The summed E-state index contributed by atoms with van der Waals surface area (Å²) < 4.78 is 22.6. The second-order valence-electron chi connectivity index (χ2n) is 10.9. The van der Waals surface area contributed by atoms with Crippen LogP contribution < -0.4 is 27.8 Å². The summed E-state index contributed by atoms with van der Waals surface area (Å²) in [5.74, 6) is -0.310. The molecule has 2 atom stereocenters. The largest absolute Gasteiger partial charge is 0.372 e. The smallest absolute Gasteiger partial charge is 0.354 e. The van der Waals surface area contributed by atoms with Gasteiger partial charge in [-0.25, -0.2) is 9.18 Å². The molecule has 0 saturated carbocycles. The molecule has 44 heavy (non-hydrogen) atoms. The van der Waals surface area contributed by atoms with E-state index in [1.54, 1.807) is 43.5 Å². The monoisotopic (exact) mass is 623 g/mol. The lowest BCUT2D eigenvalue weighted by Gasteiger charge is -2.19. The number of hydrogen-bond donors (Lipinski definition) is 7. The van der Waals surface area contributed by atoms with E-state index in [4.69, 9.17) is 38.6 Å². The average molecular weight is 624 g/mol. The third-order valence-electron chi connectivity index (χ3n) is 7.09. The van der Waals surface area contributed by atoms with Crippen molar-refractivity contribution in [2.45, 2.75) is 58.3 Å². The zero-order valence-corrected chi connectivity index (χ0v) is 25.6. The molecule has 0 radical (unpaired) electrons. The highest BCUT2D eigenvalue weighted by atomic mass is 35.5. The van der Waals surface area contributed by atoms with Crippen LogP contribution in [0.5, 0.6) is 0 Å². The third kappa shape index (κ3) is 8.88. The molecule has 4 aromatic rings. The average Bonchev–Trinajstić information content (AvgIpc) is 3.38. The lowest BCUT2D eigenvalue weighted by molar-refractivity contribution is 0.0389. The summed E-state index contributed by atoms with van der Waals surface area (Å²) >= 11 is 6.23. The number of amidine groups is 1. The Morgan fingerprint density at radius 1 is 1.16 bits per heavy atom. The number of fused-ring (bicyclic) bond motifs is 1. The molecule has 0 aliphatic rings. The van der Waals surface area contributed by atoms with E-state index in [1.165, 1.54) is 4.57 Å². The van der Waals surface area contributed by atoms with Crippen molar-refractivity contribution in [1.82, 2.24) is 25.2 Å². The van der Waals surface area contributed by atoms with Gasteiger partial charge in [-0.15, -0.1) is 0 Å². The van der Waals surface area contributed by atoms with Gasteiger partial charge in [0.15, 0.2) is 11.8 Å².